The quantitative estimate of drug-likeness (QED) is 0.670. The third-order valence-corrected chi connectivity index (χ3v) is 4.48. The molecule has 2 N–H and O–H groups in total. The Balaban J connectivity index is 1.95. The van der Waals surface area contributed by atoms with Crippen molar-refractivity contribution in [2.45, 2.75) is 25.0 Å². The molecular weight excluding hydrogens is 391 g/mol. The Kier molecular flexibility index (Phi) is 7.45. The molecule has 2 rings (SSSR count). The van der Waals surface area contributed by atoms with Crippen molar-refractivity contribution in [1.82, 2.24) is 10.3 Å². The van der Waals surface area contributed by atoms with E-state index in [1.807, 2.05) is 13.8 Å². The fraction of sp³-hybridized carbons (Fsp3) is 0.316. The van der Waals surface area contributed by atoms with Crippen LogP contribution in [-0.4, -0.2) is 29.1 Å². The average Bonchev–Trinajstić information content (AvgIpc) is 2.64. The molecule has 2 amide bonds. The summed E-state index contributed by atoms with van der Waals surface area (Å²) in [4.78, 5) is 28.2. The zero-order valence-electron chi connectivity index (χ0n) is 15.3. The normalized spacial score (nSPS) is 11.4. The van der Waals surface area contributed by atoms with Gasteiger partial charge in [0, 0.05) is 12.7 Å². The van der Waals surface area contributed by atoms with Crippen molar-refractivity contribution in [3.8, 4) is 0 Å². The molecule has 150 valence electrons. The maximum absolute atomic E-state index is 12.5. The molecule has 0 aliphatic rings. The molecule has 0 aliphatic heterocycles. The van der Waals surface area contributed by atoms with E-state index in [-0.39, 0.29) is 11.7 Å². The molecule has 0 radical (unpaired) electrons. The predicted molar refractivity (Wildman–Crippen MR) is 102 cm³/mol. The number of benzene rings is 1. The van der Waals surface area contributed by atoms with Crippen LogP contribution in [0.1, 0.15) is 29.8 Å². The van der Waals surface area contributed by atoms with Gasteiger partial charge < -0.3 is 10.6 Å². The number of carbonyl (C=O) groups excluding carboxylic acids is 2. The Hall–Kier alpha value is -2.55. The SMILES string of the molecule is CC(C)CNC(=O)c1ccccc1NC(=O)CSc1ccc(C(F)(F)F)cn1. The van der Waals surface area contributed by atoms with Gasteiger partial charge in [0.25, 0.3) is 5.91 Å². The van der Waals surface area contributed by atoms with Gasteiger partial charge in [-0.3, -0.25) is 9.59 Å². The van der Waals surface area contributed by atoms with Crippen molar-refractivity contribution in [1.29, 1.82) is 0 Å². The molecule has 1 aromatic heterocycles. The Morgan fingerprint density at radius 3 is 2.46 bits per heavy atom. The van der Waals surface area contributed by atoms with E-state index >= 15 is 0 Å². The highest BCUT2D eigenvalue weighted by atomic mass is 32.2. The van der Waals surface area contributed by atoms with Crippen LogP contribution >= 0.6 is 11.8 Å². The molecule has 0 atom stereocenters. The number of carbonyl (C=O) groups is 2. The van der Waals surface area contributed by atoms with Crippen molar-refractivity contribution >= 4 is 29.3 Å². The first-order valence-electron chi connectivity index (χ1n) is 8.50. The fourth-order valence-electron chi connectivity index (χ4n) is 2.14. The highest BCUT2D eigenvalue weighted by Crippen LogP contribution is 2.29. The van der Waals surface area contributed by atoms with E-state index in [1.165, 1.54) is 6.07 Å². The second-order valence-corrected chi connectivity index (χ2v) is 7.36. The number of alkyl halides is 3. The fourth-order valence-corrected chi connectivity index (χ4v) is 2.78. The van der Waals surface area contributed by atoms with Crippen LogP contribution in [0.3, 0.4) is 0 Å². The number of anilines is 1. The number of nitrogens with one attached hydrogen (secondary N) is 2. The van der Waals surface area contributed by atoms with Crippen molar-refractivity contribution in [2.24, 2.45) is 5.92 Å². The van der Waals surface area contributed by atoms with Gasteiger partial charge >= 0.3 is 6.18 Å². The van der Waals surface area contributed by atoms with Crippen LogP contribution in [0.25, 0.3) is 0 Å². The second-order valence-electron chi connectivity index (χ2n) is 6.37. The monoisotopic (exact) mass is 411 g/mol. The maximum Gasteiger partial charge on any atom is 0.417 e. The number of pyridine rings is 1. The Morgan fingerprint density at radius 1 is 1.14 bits per heavy atom. The van der Waals surface area contributed by atoms with Gasteiger partial charge in [0.1, 0.15) is 0 Å². The zero-order chi connectivity index (χ0) is 20.7. The van der Waals surface area contributed by atoms with Crippen molar-refractivity contribution in [3.05, 3.63) is 53.7 Å². The predicted octanol–water partition coefficient (Wildman–Crippen LogP) is 4.22. The summed E-state index contributed by atoms with van der Waals surface area (Å²) in [6, 6.07) is 8.74. The van der Waals surface area contributed by atoms with Gasteiger partial charge in [0.15, 0.2) is 0 Å². The zero-order valence-corrected chi connectivity index (χ0v) is 16.2. The van der Waals surface area contributed by atoms with E-state index in [1.54, 1.807) is 24.3 Å². The summed E-state index contributed by atoms with van der Waals surface area (Å²) in [6.45, 7) is 4.46. The van der Waals surface area contributed by atoms with Gasteiger partial charge in [0.2, 0.25) is 5.91 Å². The van der Waals surface area contributed by atoms with Crippen LogP contribution in [0.15, 0.2) is 47.6 Å². The average molecular weight is 411 g/mol. The molecule has 0 saturated heterocycles. The van der Waals surface area contributed by atoms with Gasteiger partial charge in [-0.1, -0.05) is 37.7 Å². The van der Waals surface area contributed by atoms with Gasteiger partial charge in [-0.2, -0.15) is 13.2 Å². The van der Waals surface area contributed by atoms with E-state index in [4.69, 9.17) is 0 Å². The Labute approximate surface area is 165 Å². The summed E-state index contributed by atoms with van der Waals surface area (Å²) < 4.78 is 37.6. The number of rotatable bonds is 7. The minimum atomic E-state index is -4.45. The van der Waals surface area contributed by atoms with Gasteiger partial charge in [-0.15, -0.1) is 0 Å². The highest BCUT2D eigenvalue weighted by Gasteiger charge is 2.30. The number of hydrogen-bond acceptors (Lipinski definition) is 4. The molecule has 0 bridgehead atoms. The minimum absolute atomic E-state index is 0.0552. The Morgan fingerprint density at radius 2 is 1.86 bits per heavy atom. The first kappa shape index (κ1) is 21.7. The number of amides is 2. The largest absolute Gasteiger partial charge is 0.417 e. The number of hydrogen-bond donors (Lipinski definition) is 2. The lowest BCUT2D eigenvalue weighted by atomic mass is 10.1. The highest BCUT2D eigenvalue weighted by molar-refractivity contribution is 7.99. The second kappa shape index (κ2) is 9.59. The van der Waals surface area contributed by atoms with Crippen molar-refractivity contribution < 1.29 is 22.8 Å². The first-order chi connectivity index (χ1) is 13.2. The standard InChI is InChI=1S/C19H20F3N3O2S/c1-12(2)9-24-18(27)14-5-3-4-6-15(14)25-16(26)11-28-17-8-7-13(10-23-17)19(20,21)22/h3-8,10,12H,9,11H2,1-2H3,(H,24,27)(H,25,26). The van der Waals surface area contributed by atoms with Crippen LogP contribution in [0, 0.1) is 5.92 Å². The number of halogens is 3. The van der Waals surface area contributed by atoms with E-state index in [0.29, 0.717) is 28.7 Å². The molecule has 1 heterocycles. The molecule has 0 fully saturated rings. The van der Waals surface area contributed by atoms with Crippen LogP contribution in [0.2, 0.25) is 0 Å². The summed E-state index contributed by atoms with van der Waals surface area (Å²) in [5.74, 6) is -0.448. The lowest BCUT2D eigenvalue weighted by Gasteiger charge is -2.12. The molecule has 2 aromatic rings. The van der Waals surface area contributed by atoms with E-state index in [9.17, 15) is 22.8 Å². The molecule has 0 saturated carbocycles. The third kappa shape index (κ3) is 6.56. The van der Waals surface area contributed by atoms with Gasteiger partial charge in [0.05, 0.1) is 27.6 Å². The topological polar surface area (TPSA) is 71.1 Å². The minimum Gasteiger partial charge on any atom is -0.352 e. The first-order valence-corrected chi connectivity index (χ1v) is 9.48. The van der Waals surface area contributed by atoms with Crippen molar-refractivity contribution in [2.75, 3.05) is 17.6 Å². The lowest BCUT2D eigenvalue weighted by molar-refractivity contribution is -0.137. The summed E-state index contributed by atoms with van der Waals surface area (Å²) >= 11 is 1.00. The summed E-state index contributed by atoms with van der Waals surface area (Å²) in [6.07, 6.45) is -3.72. The smallest absolute Gasteiger partial charge is 0.352 e. The van der Waals surface area contributed by atoms with Crippen molar-refractivity contribution in [3.63, 3.8) is 0 Å². The third-order valence-electron chi connectivity index (χ3n) is 3.53. The molecular formula is C19H20F3N3O2S. The molecule has 9 heteroatoms. The number of thioether (sulfide) groups is 1. The Bertz CT molecular complexity index is 824. The molecule has 0 unspecified atom stereocenters. The van der Waals surface area contributed by atoms with Crippen LogP contribution in [0.5, 0.6) is 0 Å². The summed E-state index contributed by atoms with van der Waals surface area (Å²) in [5.41, 5.74) is -0.133. The summed E-state index contributed by atoms with van der Waals surface area (Å²) in [7, 11) is 0. The van der Waals surface area contributed by atoms with E-state index in [0.717, 1.165) is 24.0 Å². The van der Waals surface area contributed by atoms with Crippen LogP contribution in [-0.2, 0) is 11.0 Å². The molecule has 28 heavy (non-hydrogen) atoms. The van der Waals surface area contributed by atoms with E-state index < -0.39 is 17.6 Å². The van der Waals surface area contributed by atoms with Crippen LogP contribution < -0.4 is 10.6 Å². The van der Waals surface area contributed by atoms with E-state index in [2.05, 4.69) is 15.6 Å². The number of para-hydroxylation sites is 1. The molecule has 0 aliphatic carbocycles. The molecule has 0 spiro atoms. The summed E-state index contributed by atoms with van der Waals surface area (Å²) in [5, 5.41) is 5.74. The van der Waals surface area contributed by atoms with Gasteiger partial charge in [-0.05, 0) is 30.2 Å². The number of aromatic nitrogens is 1. The van der Waals surface area contributed by atoms with Gasteiger partial charge in [-0.25, -0.2) is 4.98 Å². The maximum atomic E-state index is 12.5. The lowest BCUT2D eigenvalue weighted by Crippen LogP contribution is -2.28. The molecule has 5 nitrogen and oxygen atoms in total. The molecule has 1 aromatic carbocycles. The number of nitrogens with zero attached hydrogens (tertiary/aromatic N) is 1. The van der Waals surface area contributed by atoms with Crippen LogP contribution in [0.4, 0.5) is 18.9 Å².